The number of hydrogen-bond acceptors (Lipinski definition) is 6. The molecule has 1 aromatic heterocycles. The molecule has 0 bridgehead atoms. The van der Waals surface area contributed by atoms with Crippen LogP contribution in [0.3, 0.4) is 0 Å². The summed E-state index contributed by atoms with van der Waals surface area (Å²) in [5.74, 6) is -3.77. The van der Waals surface area contributed by atoms with Crippen LogP contribution in [0.5, 0.6) is 0 Å². The molecule has 0 fully saturated rings. The molecule has 0 unspecified atom stereocenters. The average molecular weight is 388 g/mol. The molecule has 2 rings (SSSR count). The van der Waals surface area contributed by atoms with Gasteiger partial charge in [0.15, 0.2) is 17.0 Å². The summed E-state index contributed by atoms with van der Waals surface area (Å²) in [5, 5.41) is 2.28. The SMILES string of the molecule is CSc1ncc(Cl)c(C(=O)O[C@H](C)C(=O)Nc2c(F)cccc2F)n1. The molecule has 0 aliphatic rings. The number of esters is 1. The van der Waals surface area contributed by atoms with Crippen molar-refractivity contribution in [3.8, 4) is 0 Å². The van der Waals surface area contributed by atoms with E-state index in [-0.39, 0.29) is 10.7 Å². The molecule has 1 amide bonds. The number of halogens is 3. The number of nitrogens with zero attached hydrogens (tertiary/aromatic N) is 2. The average Bonchev–Trinajstić information content (AvgIpc) is 2.58. The summed E-state index contributed by atoms with van der Waals surface area (Å²) in [7, 11) is 0. The number of amides is 1. The van der Waals surface area contributed by atoms with E-state index in [1.807, 2.05) is 5.32 Å². The molecule has 0 aliphatic heterocycles. The fourth-order valence-electron chi connectivity index (χ4n) is 1.70. The number of rotatable bonds is 5. The van der Waals surface area contributed by atoms with Gasteiger partial charge in [-0.1, -0.05) is 29.4 Å². The molecule has 0 spiro atoms. The number of carbonyl (C=O) groups excluding carboxylic acids is 2. The summed E-state index contributed by atoms with van der Waals surface area (Å²) in [6.45, 7) is 1.25. The van der Waals surface area contributed by atoms with Gasteiger partial charge in [0.05, 0.1) is 11.2 Å². The first-order valence-electron chi connectivity index (χ1n) is 6.86. The normalized spacial score (nSPS) is 11.7. The second-order valence-electron chi connectivity index (χ2n) is 4.69. The molecular weight excluding hydrogens is 376 g/mol. The lowest BCUT2D eigenvalue weighted by Crippen LogP contribution is -2.31. The standard InChI is InChI=1S/C15H12ClF2N3O3S/c1-7(13(22)20-12-9(17)4-3-5-10(12)18)24-14(23)11-8(16)6-19-15(21-11)25-2/h3-7H,1-2H3,(H,20,22)/t7-/m1/s1. The first-order chi connectivity index (χ1) is 11.8. The van der Waals surface area contributed by atoms with Crippen LogP contribution in [-0.4, -0.2) is 34.2 Å². The largest absolute Gasteiger partial charge is 0.448 e. The first-order valence-corrected chi connectivity index (χ1v) is 8.46. The highest BCUT2D eigenvalue weighted by Gasteiger charge is 2.24. The van der Waals surface area contributed by atoms with Crippen molar-refractivity contribution in [3.05, 3.63) is 46.7 Å². The number of anilines is 1. The highest BCUT2D eigenvalue weighted by atomic mass is 35.5. The molecule has 2 aromatic rings. The highest BCUT2D eigenvalue weighted by Crippen LogP contribution is 2.20. The first kappa shape index (κ1) is 19.1. The van der Waals surface area contributed by atoms with Crippen LogP contribution < -0.4 is 5.32 Å². The van der Waals surface area contributed by atoms with Crippen molar-refractivity contribution in [2.75, 3.05) is 11.6 Å². The third-order valence-corrected chi connectivity index (χ3v) is 3.80. The Bertz CT molecular complexity index is 802. The van der Waals surface area contributed by atoms with Crippen molar-refractivity contribution in [2.45, 2.75) is 18.2 Å². The topological polar surface area (TPSA) is 81.2 Å². The Kier molecular flexibility index (Phi) is 6.27. The van der Waals surface area contributed by atoms with Gasteiger partial charge in [-0.2, -0.15) is 0 Å². The van der Waals surface area contributed by atoms with E-state index in [1.165, 1.54) is 24.9 Å². The molecule has 0 radical (unpaired) electrons. The predicted molar refractivity (Wildman–Crippen MR) is 88.7 cm³/mol. The van der Waals surface area contributed by atoms with Crippen molar-refractivity contribution >= 4 is 40.9 Å². The lowest BCUT2D eigenvalue weighted by molar-refractivity contribution is -0.123. The number of ether oxygens (including phenoxy) is 1. The summed E-state index contributed by atoms with van der Waals surface area (Å²) in [4.78, 5) is 31.9. The van der Waals surface area contributed by atoms with Gasteiger partial charge in [-0.05, 0) is 25.3 Å². The number of nitrogens with one attached hydrogen (secondary N) is 1. The van der Waals surface area contributed by atoms with Crippen LogP contribution in [0.1, 0.15) is 17.4 Å². The van der Waals surface area contributed by atoms with Crippen molar-refractivity contribution in [2.24, 2.45) is 0 Å². The smallest absolute Gasteiger partial charge is 0.359 e. The van der Waals surface area contributed by atoms with E-state index in [4.69, 9.17) is 16.3 Å². The number of benzene rings is 1. The van der Waals surface area contributed by atoms with Gasteiger partial charge in [0, 0.05) is 0 Å². The molecule has 1 atom stereocenters. The second-order valence-corrected chi connectivity index (χ2v) is 5.87. The van der Waals surface area contributed by atoms with Crippen LogP contribution >= 0.6 is 23.4 Å². The summed E-state index contributed by atoms with van der Waals surface area (Å²) < 4.78 is 32.0. The van der Waals surface area contributed by atoms with Gasteiger partial charge in [0.25, 0.3) is 5.91 Å². The van der Waals surface area contributed by atoms with Gasteiger partial charge in [0.2, 0.25) is 0 Å². The highest BCUT2D eigenvalue weighted by molar-refractivity contribution is 7.98. The quantitative estimate of drug-likeness (QED) is 0.481. The molecule has 10 heteroatoms. The Morgan fingerprint density at radius 2 is 1.96 bits per heavy atom. The molecule has 1 N–H and O–H groups in total. The second kappa shape index (κ2) is 8.21. The summed E-state index contributed by atoms with van der Waals surface area (Å²) >= 11 is 7.04. The molecule has 0 aliphatic carbocycles. The minimum Gasteiger partial charge on any atom is -0.448 e. The van der Waals surface area contributed by atoms with E-state index < -0.39 is 35.3 Å². The number of hydrogen-bond donors (Lipinski definition) is 1. The van der Waals surface area contributed by atoms with Crippen LogP contribution in [0.25, 0.3) is 0 Å². The van der Waals surface area contributed by atoms with E-state index in [1.54, 1.807) is 6.26 Å². The number of thioether (sulfide) groups is 1. The van der Waals surface area contributed by atoms with Gasteiger partial charge in [-0.15, -0.1) is 0 Å². The minimum atomic E-state index is -1.34. The summed E-state index contributed by atoms with van der Waals surface area (Å²) in [6.07, 6.45) is 1.60. The lowest BCUT2D eigenvalue weighted by Gasteiger charge is -2.14. The van der Waals surface area contributed by atoms with Crippen LogP contribution in [0.4, 0.5) is 14.5 Å². The van der Waals surface area contributed by atoms with Crippen LogP contribution in [0.2, 0.25) is 5.02 Å². The Balaban J connectivity index is 2.10. The lowest BCUT2D eigenvalue weighted by atomic mass is 10.2. The van der Waals surface area contributed by atoms with Crippen LogP contribution in [0.15, 0.2) is 29.6 Å². The van der Waals surface area contributed by atoms with Gasteiger partial charge in [-0.3, -0.25) is 4.79 Å². The van der Waals surface area contributed by atoms with Gasteiger partial charge < -0.3 is 10.1 Å². The predicted octanol–water partition coefficient (Wildman–Crippen LogP) is 3.31. The molecule has 0 saturated heterocycles. The monoisotopic (exact) mass is 387 g/mol. The number of para-hydroxylation sites is 1. The van der Waals surface area contributed by atoms with Crippen molar-refractivity contribution < 1.29 is 23.1 Å². The zero-order valence-electron chi connectivity index (χ0n) is 13.0. The number of carbonyl (C=O) groups is 2. The van der Waals surface area contributed by atoms with Gasteiger partial charge >= 0.3 is 5.97 Å². The molecule has 0 saturated carbocycles. The van der Waals surface area contributed by atoms with Crippen LogP contribution in [-0.2, 0) is 9.53 Å². The molecule has 25 heavy (non-hydrogen) atoms. The minimum absolute atomic E-state index is 0.0458. The van der Waals surface area contributed by atoms with E-state index in [0.717, 1.165) is 18.2 Å². The third kappa shape index (κ3) is 4.64. The van der Waals surface area contributed by atoms with E-state index in [0.29, 0.717) is 5.16 Å². The maximum atomic E-state index is 13.5. The third-order valence-electron chi connectivity index (χ3n) is 2.96. The van der Waals surface area contributed by atoms with E-state index >= 15 is 0 Å². The Labute approximate surface area is 150 Å². The van der Waals surface area contributed by atoms with E-state index in [2.05, 4.69) is 9.97 Å². The maximum Gasteiger partial charge on any atom is 0.359 e. The number of aromatic nitrogens is 2. The zero-order chi connectivity index (χ0) is 18.6. The van der Waals surface area contributed by atoms with Gasteiger partial charge in [-0.25, -0.2) is 23.5 Å². The zero-order valence-corrected chi connectivity index (χ0v) is 14.6. The molecule has 6 nitrogen and oxygen atoms in total. The van der Waals surface area contributed by atoms with Crippen molar-refractivity contribution in [1.29, 1.82) is 0 Å². The molecule has 1 heterocycles. The fourth-order valence-corrected chi connectivity index (χ4v) is 2.21. The fraction of sp³-hybridized carbons (Fsp3) is 0.200. The van der Waals surface area contributed by atoms with Crippen LogP contribution in [0, 0.1) is 11.6 Å². The molecule has 1 aromatic carbocycles. The van der Waals surface area contributed by atoms with Crippen molar-refractivity contribution in [3.63, 3.8) is 0 Å². The van der Waals surface area contributed by atoms with Crippen molar-refractivity contribution in [1.82, 2.24) is 9.97 Å². The molecular formula is C15H12ClF2N3O3S. The maximum absolute atomic E-state index is 13.5. The summed E-state index contributed by atoms with van der Waals surface area (Å²) in [5.41, 5.74) is -0.835. The van der Waals surface area contributed by atoms with E-state index in [9.17, 15) is 18.4 Å². The van der Waals surface area contributed by atoms with Gasteiger partial charge in [0.1, 0.15) is 17.3 Å². The Morgan fingerprint density at radius 3 is 2.56 bits per heavy atom. The Hall–Kier alpha value is -2.26. The molecule has 132 valence electrons. The summed E-state index contributed by atoms with van der Waals surface area (Å²) in [6, 6.07) is 3.13. The Morgan fingerprint density at radius 1 is 1.32 bits per heavy atom.